The van der Waals surface area contributed by atoms with Gasteiger partial charge in [0.15, 0.2) is 0 Å². The fourth-order valence-electron chi connectivity index (χ4n) is 3.87. The molecule has 0 radical (unpaired) electrons. The molecular weight excluding hydrogens is 474 g/mol. The van der Waals surface area contributed by atoms with Crippen molar-refractivity contribution in [3.8, 4) is 5.75 Å². The summed E-state index contributed by atoms with van der Waals surface area (Å²) < 4.78 is 27.5. The summed E-state index contributed by atoms with van der Waals surface area (Å²) in [5.74, 6) is 0.580. The SMILES string of the molecule is CCCCCCCCCCCCCCCOCCOCCOCCOCCOc1ccc([N+](=O)[O-])cc1. The maximum atomic E-state index is 10.6. The van der Waals surface area contributed by atoms with E-state index in [2.05, 4.69) is 6.92 Å². The van der Waals surface area contributed by atoms with E-state index in [0.717, 1.165) is 13.0 Å². The second-order valence-electron chi connectivity index (χ2n) is 9.29. The molecule has 0 unspecified atom stereocenters. The number of benzene rings is 1. The lowest BCUT2D eigenvalue weighted by Crippen LogP contribution is -2.13. The van der Waals surface area contributed by atoms with Crippen molar-refractivity contribution in [1.29, 1.82) is 0 Å². The largest absolute Gasteiger partial charge is 0.491 e. The molecule has 8 nitrogen and oxygen atoms in total. The Morgan fingerprint density at radius 1 is 0.541 bits per heavy atom. The van der Waals surface area contributed by atoms with Crippen LogP contribution in [0.25, 0.3) is 0 Å². The van der Waals surface area contributed by atoms with Crippen molar-refractivity contribution < 1.29 is 28.6 Å². The van der Waals surface area contributed by atoms with Crippen molar-refractivity contribution in [1.82, 2.24) is 0 Å². The van der Waals surface area contributed by atoms with Crippen LogP contribution in [0.3, 0.4) is 0 Å². The van der Waals surface area contributed by atoms with Crippen LogP contribution >= 0.6 is 0 Å². The Morgan fingerprint density at radius 2 is 0.919 bits per heavy atom. The summed E-state index contributed by atoms with van der Waals surface area (Å²) in [6, 6.07) is 5.98. The molecule has 0 aromatic heterocycles. The van der Waals surface area contributed by atoms with Gasteiger partial charge in [-0.25, -0.2) is 0 Å². The van der Waals surface area contributed by atoms with Crippen LogP contribution in [0.15, 0.2) is 24.3 Å². The fraction of sp³-hybridized carbons (Fsp3) is 0.793. The second-order valence-corrected chi connectivity index (χ2v) is 9.29. The Morgan fingerprint density at radius 3 is 1.35 bits per heavy atom. The summed E-state index contributed by atoms with van der Waals surface area (Å²) in [4.78, 5) is 10.2. The Balaban J connectivity index is 1.69. The molecule has 0 heterocycles. The zero-order chi connectivity index (χ0) is 26.7. The molecule has 37 heavy (non-hydrogen) atoms. The number of nitro benzene ring substituents is 1. The topological polar surface area (TPSA) is 89.3 Å². The summed E-state index contributed by atoms with van der Waals surface area (Å²) in [7, 11) is 0. The van der Waals surface area contributed by atoms with E-state index in [1.807, 2.05) is 0 Å². The van der Waals surface area contributed by atoms with Gasteiger partial charge in [0.1, 0.15) is 12.4 Å². The highest BCUT2D eigenvalue weighted by molar-refractivity contribution is 5.35. The van der Waals surface area contributed by atoms with Crippen LogP contribution in [-0.2, 0) is 18.9 Å². The van der Waals surface area contributed by atoms with Gasteiger partial charge in [0.05, 0.1) is 51.2 Å². The number of hydrogen-bond donors (Lipinski definition) is 0. The lowest BCUT2D eigenvalue weighted by molar-refractivity contribution is -0.384. The lowest BCUT2D eigenvalue weighted by Gasteiger charge is -2.08. The highest BCUT2D eigenvalue weighted by atomic mass is 16.6. The Labute approximate surface area is 224 Å². The smallest absolute Gasteiger partial charge is 0.269 e. The first-order valence-corrected chi connectivity index (χ1v) is 14.4. The van der Waals surface area contributed by atoms with Gasteiger partial charge in [-0.1, -0.05) is 84.0 Å². The zero-order valence-electron chi connectivity index (χ0n) is 23.2. The Bertz CT molecular complexity index is 627. The van der Waals surface area contributed by atoms with E-state index >= 15 is 0 Å². The Kier molecular flexibility index (Phi) is 23.3. The normalized spacial score (nSPS) is 11.2. The number of ether oxygens (including phenoxy) is 5. The predicted octanol–water partition coefficient (Wildman–Crippen LogP) is 7.13. The number of non-ortho nitro benzene ring substituents is 1. The molecule has 0 spiro atoms. The van der Waals surface area contributed by atoms with Crippen LogP contribution in [-0.4, -0.2) is 64.4 Å². The minimum atomic E-state index is -0.437. The quantitative estimate of drug-likeness (QED) is 0.0653. The van der Waals surface area contributed by atoms with Gasteiger partial charge in [0.2, 0.25) is 0 Å². The maximum Gasteiger partial charge on any atom is 0.269 e. The standard InChI is InChI=1S/C29H51NO7/c1-2-3-4-5-6-7-8-9-10-11-12-13-14-19-33-20-21-34-22-23-35-24-25-36-26-27-37-29-17-15-28(16-18-29)30(31)32/h15-18H,2-14,19-27H2,1H3. The second kappa shape index (κ2) is 25.9. The summed E-state index contributed by atoms with van der Waals surface area (Å²) >= 11 is 0. The Hall–Kier alpha value is -1.74. The molecule has 1 rings (SSSR count). The first kappa shape index (κ1) is 33.3. The number of unbranched alkanes of at least 4 members (excludes halogenated alkanes) is 12. The zero-order valence-corrected chi connectivity index (χ0v) is 23.2. The predicted molar refractivity (Wildman–Crippen MR) is 148 cm³/mol. The molecule has 0 aliphatic heterocycles. The fourth-order valence-corrected chi connectivity index (χ4v) is 3.87. The van der Waals surface area contributed by atoms with Crippen molar-refractivity contribution in [2.24, 2.45) is 0 Å². The summed E-state index contributed by atoms with van der Waals surface area (Å²) in [5.41, 5.74) is 0.0438. The molecule has 8 heteroatoms. The number of nitrogens with zero attached hydrogens (tertiary/aromatic N) is 1. The van der Waals surface area contributed by atoms with Gasteiger partial charge in [-0.05, 0) is 18.6 Å². The van der Waals surface area contributed by atoms with E-state index in [9.17, 15) is 10.1 Å². The number of nitro groups is 1. The molecule has 1 aromatic carbocycles. The van der Waals surface area contributed by atoms with E-state index in [-0.39, 0.29) is 5.69 Å². The van der Waals surface area contributed by atoms with E-state index in [1.165, 1.54) is 89.2 Å². The lowest BCUT2D eigenvalue weighted by atomic mass is 10.0. The van der Waals surface area contributed by atoms with Gasteiger partial charge < -0.3 is 23.7 Å². The number of rotatable bonds is 28. The van der Waals surface area contributed by atoms with Crippen LogP contribution < -0.4 is 4.74 Å². The molecule has 0 fully saturated rings. The first-order valence-electron chi connectivity index (χ1n) is 14.4. The molecule has 1 aromatic rings. The minimum Gasteiger partial charge on any atom is -0.491 e. The molecule has 0 bridgehead atoms. The average Bonchev–Trinajstić information content (AvgIpc) is 2.91. The van der Waals surface area contributed by atoms with Gasteiger partial charge in [0.25, 0.3) is 5.69 Å². The molecule has 0 amide bonds. The molecule has 0 N–H and O–H groups in total. The summed E-state index contributed by atoms with van der Waals surface area (Å²) in [5, 5.41) is 10.6. The average molecular weight is 526 g/mol. The van der Waals surface area contributed by atoms with Crippen molar-refractivity contribution >= 4 is 5.69 Å². The molecule has 0 aliphatic rings. The highest BCUT2D eigenvalue weighted by Gasteiger charge is 2.04. The van der Waals surface area contributed by atoms with Crippen LogP contribution in [0.1, 0.15) is 90.4 Å². The van der Waals surface area contributed by atoms with E-state index in [0.29, 0.717) is 58.6 Å². The maximum absolute atomic E-state index is 10.6. The highest BCUT2D eigenvalue weighted by Crippen LogP contribution is 2.17. The van der Waals surface area contributed by atoms with Gasteiger partial charge in [-0.3, -0.25) is 10.1 Å². The van der Waals surface area contributed by atoms with Crippen LogP contribution in [0.2, 0.25) is 0 Å². The van der Waals surface area contributed by atoms with Gasteiger partial charge in [-0.2, -0.15) is 0 Å². The van der Waals surface area contributed by atoms with Gasteiger partial charge in [0, 0.05) is 18.7 Å². The molecule has 214 valence electrons. The van der Waals surface area contributed by atoms with Crippen LogP contribution in [0.5, 0.6) is 5.75 Å². The molecule has 0 aliphatic carbocycles. The van der Waals surface area contributed by atoms with E-state index in [4.69, 9.17) is 23.7 Å². The number of hydrogen-bond acceptors (Lipinski definition) is 7. The van der Waals surface area contributed by atoms with E-state index in [1.54, 1.807) is 12.1 Å². The van der Waals surface area contributed by atoms with Gasteiger partial charge >= 0.3 is 0 Å². The minimum absolute atomic E-state index is 0.0438. The first-order chi connectivity index (χ1) is 18.2. The van der Waals surface area contributed by atoms with Crippen LogP contribution in [0.4, 0.5) is 5.69 Å². The molecule has 0 saturated heterocycles. The van der Waals surface area contributed by atoms with Crippen molar-refractivity contribution in [2.45, 2.75) is 90.4 Å². The van der Waals surface area contributed by atoms with Crippen LogP contribution in [0, 0.1) is 10.1 Å². The third-order valence-corrected chi connectivity index (χ3v) is 6.05. The monoisotopic (exact) mass is 525 g/mol. The third-order valence-electron chi connectivity index (χ3n) is 6.05. The summed E-state index contributed by atoms with van der Waals surface area (Å²) in [6.07, 6.45) is 17.7. The van der Waals surface area contributed by atoms with Crippen molar-refractivity contribution in [2.75, 3.05) is 59.5 Å². The summed E-state index contributed by atoms with van der Waals surface area (Å²) in [6.45, 7) is 7.18. The van der Waals surface area contributed by atoms with E-state index < -0.39 is 4.92 Å². The third kappa shape index (κ3) is 22.0. The molecular formula is C29H51NO7. The van der Waals surface area contributed by atoms with Crippen molar-refractivity contribution in [3.05, 3.63) is 34.4 Å². The molecule has 0 saturated carbocycles. The van der Waals surface area contributed by atoms with Gasteiger partial charge in [-0.15, -0.1) is 0 Å². The van der Waals surface area contributed by atoms with Crippen molar-refractivity contribution in [3.63, 3.8) is 0 Å². The molecule has 0 atom stereocenters.